The van der Waals surface area contributed by atoms with E-state index in [0.29, 0.717) is 24.2 Å². The first-order valence-corrected chi connectivity index (χ1v) is 8.65. The largest absolute Gasteiger partial charge is 0.490 e. The maximum absolute atomic E-state index is 13.6. The van der Waals surface area contributed by atoms with E-state index in [0.717, 1.165) is 31.6 Å². The number of benzene rings is 1. The van der Waals surface area contributed by atoms with E-state index >= 15 is 0 Å². The molecule has 5 nitrogen and oxygen atoms in total. The summed E-state index contributed by atoms with van der Waals surface area (Å²) in [5.74, 6) is 1.05. The van der Waals surface area contributed by atoms with Crippen LogP contribution in [0.5, 0.6) is 11.6 Å². The lowest BCUT2D eigenvalue weighted by Gasteiger charge is -2.35. The zero-order chi connectivity index (χ0) is 17.6. The van der Waals surface area contributed by atoms with Gasteiger partial charge in [0.1, 0.15) is 5.69 Å². The van der Waals surface area contributed by atoms with Gasteiger partial charge in [0.15, 0.2) is 11.6 Å². The highest BCUT2D eigenvalue weighted by molar-refractivity contribution is 5.23. The Morgan fingerprint density at radius 1 is 1.20 bits per heavy atom. The van der Waals surface area contributed by atoms with Crippen LogP contribution in [-0.4, -0.2) is 41.7 Å². The SMILES string of the molecule is COc1nccnc1C(C)N1CCC(COc2ccccc2F)CC1. The smallest absolute Gasteiger partial charge is 0.236 e. The van der Waals surface area contributed by atoms with Crippen molar-refractivity contribution in [3.8, 4) is 11.6 Å². The predicted molar refractivity (Wildman–Crippen MR) is 93.2 cm³/mol. The normalized spacial score (nSPS) is 17.2. The van der Waals surface area contributed by atoms with Gasteiger partial charge in [-0.25, -0.2) is 9.37 Å². The van der Waals surface area contributed by atoms with Crippen LogP contribution in [0.2, 0.25) is 0 Å². The van der Waals surface area contributed by atoms with Crippen LogP contribution in [0, 0.1) is 11.7 Å². The summed E-state index contributed by atoms with van der Waals surface area (Å²) in [6, 6.07) is 6.71. The number of methoxy groups -OCH3 is 1. The third kappa shape index (κ3) is 4.25. The number of aromatic nitrogens is 2. The average Bonchev–Trinajstić information content (AvgIpc) is 2.67. The highest BCUT2D eigenvalue weighted by Gasteiger charge is 2.26. The second kappa shape index (κ2) is 8.25. The predicted octanol–water partition coefficient (Wildman–Crippen LogP) is 3.48. The molecule has 1 saturated heterocycles. The summed E-state index contributed by atoms with van der Waals surface area (Å²) in [4.78, 5) is 11.0. The van der Waals surface area contributed by atoms with Gasteiger partial charge in [0.05, 0.1) is 19.8 Å². The summed E-state index contributed by atoms with van der Waals surface area (Å²) in [6.45, 7) is 4.58. The minimum atomic E-state index is -0.302. The Morgan fingerprint density at radius 3 is 2.64 bits per heavy atom. The fraction of sp³-hybridized carbons (Fsp3) is 0.474. The Hall–Kier alpha value is -2.21. The maximum Gasteiger partial charge on any atom is 0.236 e. The van der Waals surface area contributed by atoms with Crippen LogP contribution in [0.15, 0.2) is 36.7 Å². The zero-order valence-corrected chi connectivity index (χ0v) is 14.7. The summed E-state index contributed by atoms with van der Waals surface area (Å²) in [7, 11) is 1.62. The standard InChI is InChI=1S/C19H24FN3O2/c1-14(18-19(24-2)22-10-9-21-18)23-11-7-15(8-12-23)13-25-17-6-4-3-5-16(17)20/h3-6,9-10,14-15H,7-8,11-13H2,1-2H3. The molecule has 1 aromatic heterocycles. The van der Waals surface area contributed by atoms with Gasteiger partial charge in [-0.2, -0.15) is 0 Å². The molecule has 1 atom stereocenters. The summed E-state index contributed by atoms with van der Waals surface area (Å²) in [6.07, 6.45) is 5.37. The molecular formula is C19H24FN3O2. The summed E-state index contributed by atoms with van der Waals surface area (Å²) in [5, 5.41) is 0. The quantitative estimate of drug-likeness (QED) is 0.802. The first-order chi connectivity index (χ1) is 12.2. The molecule has 0 radical (unpaired) electrons. The van der Waals surface area contributed by atoms with Gasteiger partial charge in [-0.05, 0) is 50.9 Å². The molecule has 0 bridgehead atoms. The van der Waals surface area contributed by atoms with Gasteiger partial charge in [-0.1, -0.05) is 12.1 Å². The Labute approximate surface area is 147 Å². The lowest BCUT2D eigenvalue weighted by molar-refractivity contribution is 0.109. The van der Waals surface area contributed by atoms with E-state index in [9.17, 15) is 4.39 Å². The molecule has 0 saturated carbocycles. The molecule has 1 aliphatic rings. The van der Waals surface area contributed by atoms with E-state index in [1.165, 1.54) is 6.07 Å². The molecule has 134 valence electrons. The molecule has 0 N–H and O–H groups in total. The second-order valence-electron chi connectivity index (χ2n) is 6.35. The van der Waals surface area contributed by atoms with Gasteiger partial charge in [-0.3, -0.25) is 9.88 Å². The number of ether oxygens (including phenoxy) is 2. The Kier molecular flexibility index (Phi) is 5.81. The van der Waals surface area contributed by atoms with Crippen molar-refractivity contribution in [1.82, 2.24) is 14.9 Å². The molecule has 6 heteroatoms. The number of hydrogen-bond donors (Lipinski definition) is 0. The highest BCUT2D eigenvalue weighted by Crippen LogP contribution is 2.29. The van der Waals surface area contributed by atoms with Crippen molar-refractivity contribution in [2.24, 2.45) is 5.92 Å². The first kappa shape index (κ1) is 17.6. The van der Waals surface area contributed by atoms with Crippen molar-refractivity contribution in [3.63, 3.8) is 0 Å². The monoisotopic (exact) mass is 345 g/mol. The molecule has 1 fully saturated rings. The van der Waals surface area contributed by atoms with Crippen LogP contribution in [0.4, 0.5) is 4.39 Å². The van der Waals surface area contributed by atoms with Gasteiger partial charge >= 0.3 is 0 Å². The van der Waals surface area contributed by atoms with Gasteiger partial charge in [0.2, 0.25) is 5.88 Å². The molecule has 25 heavy (non-hydrogen) atoms. The molecule has 3 rings (SSSR count). The number of para-hydroxylation sites is 1. The van der Waals surface area contributed by atoms with Crippen molar-refractivity contribution in [1.29, 1.82) is 0 Å². The molecule has 1 aliphatic heterocycles. The lowest BCUT2D eigenvalue weighted by atomic mass is 9.96. The number of rotatable bonds is 6. The Bertz CT molecular complexity index is 690. The van der Waals surface area contributed by atoms with Crippen molar-refractivity contribution >= 4 is 0 Å². The third-order valence-electron chi connectivity index (χ3n) is 4.79. The second-order valence-corrected chi connectivity index (χ2v) is 6.35. The van der Waals surface area contributed by atoms with Crippen molar-refractivity contribution in [2.75, 3.05) is 26.8 Å². The van der Waals surface area contributed by atoms with Crippen LogP contribution in [0.25, 0.3) is 0 Å². The molecule has 1 aromatic carbocycles. The van der Waals surface area contributed by atoms with Gasteiger partial charge in [-0.15, -0.1) is 0 Å². The van der Waals surface area contributed by atoms with Gasteiger partial charge < -0.3 is 9.47 Å². The fourth-order valence-corrected chi connectivity index (χ4v) is 3.23. The minimum Gasteiger partial charge on any atom is -0.490 e. The maximum atomic E-state index is 13.6. The molecule has 0 aliphatic carbocycles. The van der Waals surface area contributed by atoms with Crippen LogP contribution >= 0.6 is 0 Å². The van der Waals surface area contributed by atoms with Crippen molar-refractivity contribution in [2.45, 2.75) is 25.8 Å². The van der Waals surface area contributed by atoms with Gasteiger partial charge in [0, 0.05) is 12.4 Å². The zero-order valence-electron chi connectivity index (χ0n) is 14.7. The first-order valence-electron chi connectivity index (χ1n) is 8.65. The molecule has 2 aromatic rings. The van der Waals surface area contributed by atoms with Crippen LogP contribution in [0.3, 0.4) is 0 Å². The van der Waals surface area contributed by atoms with Gasteiger partial charge in [0.25, 0.3) is 0 Å². The van der Waals surface area contributed by atoms with E-state index in [4.69, 9.17) is 9.47 Å². The Balaban J connectivity index is 1.52. The average molecular weight is 345 g/mol. The summed E-state index contributed by atoms with van der Waals surface area (Å²) in [5.41, 5.74) is 0.867. The fourth-order valence-electron chi connectivity index (χ4n) is 3.23. The van der Waals surface area contributed by atoms with E-state index in [1.54, 1.807) is 37.7 Å². The van der Waals surface area contributed by atoms with Crippen LogP contribution in [-0.2, 0) is 0 Å². The number of likely N-dealkylation sites (tertiary alicyclic amines) is 1. The number of halogens is 1. The number of hydrogen-bond acceptors (Lipinski definition) is 5. The summed E-state index contributed by atoms with van der Waals surface area (Å²) >= 11 is 0. The summed E-state index contributed by atoms with van der Waals surface area (Å²) < 4.78 is 24.6. The van der Waals surface area contributed by atoms with Crippen molar-refractivity contribution in [3.05, 3.63) is 48.2 Å². The molecule has 1 unspecified atom stereocenters. The molecule has 0 spiro atoms. The Morgan fingerprint density at radius 2 is 1.92 bits per heavy atom. The van der Waals surface area contributed by atoms with E-state index in [1.807, 2.05) is 0 Å². The van der Waals surface area contributed by atoms with Crippen LogP contribution in [0.1, 0.15) is 31.5 Å². The van der Waals surface area contributed by atoms with E-state index in [-0.39, 0.29) is 11.9 Å². The molecule has 0 amide bonds. The lowest BCUT2D eigenvalue weighted by Crippen LogP contribution is -2.37. The number of nitrogens with zero attached hydrogens (tertiary/aromatic N) is 3. The third-order valence-corrected chi connectivity index (χ3v) is 4.79. The highest BCUT2D eigenvalue weighted by atomic mass is 19.1. The van der Waals surface area contributed by atoms with E-state index < -0.39 is 0 Å². The molecular weight excluding hydrogens is 321 g/mol. The van der Waals surface area contributed by atoms with Crippen molar-refractivity contribution < 1.29 is 13.9 Å². The minimum absolute atomic E-state index is 0.150. The number of piperidine rings is 1. The molecule has 2 heterocycles. The topological polar surface area (TPSA) is 47.5 Å². The van der Waals surface area contributed by atoms with E-state index in [2.05, 4.69) is 21.8 Å². The van der Waals surface area contributed by atoms with Crippen LogP contribution < -0.4 is 9.47 Å².